The SMILES string of the molecule is CCCCOCCCNC(=O)c1ccc(S(=O)(=O)N(CC)CC)cc1. The lowest BCUT2D eigenvalue weighted by atomic mass is 10.2. The van der Waals surface area contributed by atoms with Gasteiger partial charge in [0, 0.05) is 38.4 Å². The Kier molecular flexibility index (Phi) is 9.70. The average Bonchev–Trinajstić information content (AvgIpc) is 2.61. The maximum Gasteiger partial charge on any atom is 0.251 e. The summed E-state index contributed by atoms with van der Waals surface area (Å²) in [6, 6.07) is 6.06. The Labute approximate surface area is 151 Å². The summed E-state index contributed by atoms with van der Waals surface area (Å²) in [4.78, 5) is 12.3. The Bertz CT molecular complexity index is 610. The lowest BCUT2D eigenvalue weighted by Gasteiger charge is -2.18. The topological polar surface area (TPSA) is 75.7 Å². The second-order valence-corrected chi connectivity index (χ2v) is 7.63. The molecule has 0 heterocycles. The van der Waals surface area contributed by atoms with Crippen molar-refractivity contribution in [1.29, 1.82) is 0 Å². The van der Waals surface area contributed by atoms with Gasteiger partial charge in [0.25, 0.3) is 5.91 Å². The monoisotopic (exact) mass is 370 g/mol. The maximum atomic E-state index is 12.4. The fourth-order valence-corrected chi connectivity index (χ4v) is 3.78. The van der Waals surface area contributed by atoms with E-state index in [1.807, 2.05) is 0 Å². The largest absolute Gasteiger partial charge is 0.381 e. The van der Waals surface area contributed by atoms with Crippen LogP contribution in [0.25, 0.3) is 0 Å². The third-order valence-corrected chi connectivity index (χ3v) is 5.92. The van der Waals surface area contributed by atoms with Gasteiger partial charge in [-0.1, -0.05) is 27.2 Å². The third-order valence-electron chi connectivity index (χ3n) is 3.85. The summed E-state index contributed by atoms with van der Waals surface area (Å²) < 4.78 is 31.6. The Balaban J connectivity index is 2.51. The van der Waals surface area contributed by atoms with Gasteiger partial charge in [-0.3, -0.25) is 4.79 Å². The zero-order chi connectivity index (χ0) is 18.7. The molecule has 142 valence electrons. The number of ether oxygens (including phenoxy) is 1. The molecule has 0 aliphatic rings. The summed E-state index contributed by atoms with van der Waals surface area (Å²) in [7, 11) is -3.49. The van der Waals surface area contributed by atoms with Crippen molar-refractivity contribution in [3.8, 4) is 0 Å². The van der Waals surface area contributed by atoms with Crippen molar-refractivity contribution in [3.05, 3.63) is 29.8 Å². The van der Waals surface area contributed by atoms with E-state index in [0.29, 0.717) is 31.8 Å². The van der Waals surface area contributed by atoms with E-state index in [0.717, 1.165) is 25.9 Å². The maximum absolute atomic E-state index is 12.4. The molecule has 1 aromatic carbocycles. The minimum atomic E-state index is -3.49. The highest BCUT2D eigenvalue weighted by molar-refractivity contribution is 7.89. The van der Waals surface area contributed by atoms with E-state index in [9.17, 15) is 13.2 Å². The van der Waals surface area contributed by atoms with Crippen LogP contribution in [0.4, 0.5) is 0 Å². The molecule has 1 N–H and O–H groups in total. The molecule has 0 aliphatic heterocycles. The second-order valence-electron chi connectivity index (χ2n) is 5.69. The van der Waals surface area contributed by atoms with Crippen molar-refractivity contribution >= 4 is 15.9 Å². The number of sulfonamides is 1. The molecule has 0 unspecified atom stereocenters. The van der Waals surface area contributed by atoms with E-state index in [1.54, 1.807) is 26.0 Å². The van der Waals surface area contributed by atoms with Crippen LogP contribution in [0.1, 0.15) is 50.4 Å². The van der Waals surface area contributed by atoms with Crippen molar-refractivity contribution in [2.45, 2.75) is 44.9 Å². The van der Waals surface area contributed by atoms with Crippen LogP contribution in [-0.2, 0) is 14.8 Å². The van der Waals surface area contributed by atoms with Gasteiger partial charge < -0.3 is 10.1 Å². The number of benzene rings is 1. The fourth-order valence-electron chi connectivity index (χ4n) is 2.32. The van der Waals surface area contributed by atoms with Gasteiger partial charge >= 0.3 is 0 Å². The molecule has 0 spiro atoms. The van der Waals surface area contributed by atoms with Crippen LogP contribution in [0.15, 0.2) is 29.2 Å². The quantitative estimate of drug-likeness (QED) is 0.574. The molecule has 0 atom stereocenters. The van der Waals surface area contributed by atoms with Crippen LogP contribution in [-0.4, -0.2) is 51.5 Å². The average molecular weight is 371 g/mol. The fraction of sp³-hybridized carbons (Fsp3) is 0.611. The molecule has 0 saturated carbocycles. The van der Waals surface area contributed by atoms with Crippen molar-refractivity contribution in [3.63, 3.8) is 0 Å². The Morgan fingerprint density at radius 1 is 1.04 bits per heavy atom. The Hall–Kier alpha value is -1.44. The predicted molar refractivity (Wildman–Crippen MR) is 99.2 cm³/mol. The zero-order valence-corrected chi connectivity index (χ0v) is 16.3. The molecular formula is C18H30N2O4S. The molecule has 0 aliphatic carbocycles. The van der Waals surface area contributed by atoms with Crippen LogP contribution in [0.5, 0.6) is 0 Å². The van der Waals surface area contributed by atoms with Crippen LogP contribution < -0.4 is 5.32 Å². The lowest BCUT2D eigenvalue weighted by molar-refractivity contribution is 0.0940. The normalized spacial score (nSPS) is 11.7. The molecule has 1 amide bonds. The van der Waals surface area contributed by atoms with Crippen molar-refractivity contribution < 1.29 is 17.9 Å². The molecule has 0 bridgehead atoms. The second kappa shape index (κ2) is 11.2. The number of unbranched alkanes of at least 4 members (excludes halogenated alkanes) is 1. The Morgan fingerprint density at radius 3 is 2.20 bits per heavy atom. The minimum Gasteiger partial charge on any atom is -0.381 e. The van der Waals surface area contributed by atoms with Gasteiger partial charge in [0.2, 0.25) is 10.0 Å². The summed E-state index contributed by atoms with van der Waals surface area (Å²) >= 11 is 0. The van der Waals surface area contributed by atoms with Crippen LogP contribution in [0.2, 0.25) is 0 Å². The molecule has 7 heteroatoms. The van der Waals surface area contributed by atoms with E-state index in [2.05, 4.69) is 12.2 Å². The predicted octanol–water partition coefficient (Wildman–Crippen LogP) is 2.65. The number of hydrogen-bond donors (Lipinski definition) is 1. The molecule has 25 heavy (non-hydrogen) atoms. The number of carbonyl (C=O) groups is 1. The zero-order valence-electron chi connectivity index (χ0n) is 15.5. The molecule has 1 rings (SSSR count). The van der Waals surface area contributed by atoms with Crippen LogP contribution in [0.3, 0.4) is 0 Å². The van der Waals surface area contributed by atoms with E-state index >= 15 is 0 Å². The highest BCUT2D eigenvalue weighted by Gasteiger charge is 2.21. The summed E-state index contributed by atoms with van der Waals surface area (Å²) in [6.45, 7) is 8.47. The first-order valence-corrected chi connectivity index (χ1v) is 10.4. The molecule has 0 aromatic heterocycles. The molecule has 0 fully saturated rings. The number of nitrogens with zero attached hydrogens (tertiary/aromatic N) is 1. The first-order valence-electron chi connectivity index (χ1n) is 8.93. The van der Waals surface area contributed by atoms with Gasteiger partial charge in [0.1, 0.15) is 0 Å². The van der Waals surface area contributed by atoms with E-state index in [-0.39, 0.29) is 10.8 Å². The van der Waals surface area contributed by atoms with E-state index in [4.69, 9.17) is 4.74 Å². The molecular weight excluding hydrogens is 340 g/mol. The summed E-state index contributed by atoms with van der Waals surface area (Å²) in [5.74, 6) is -0.208. The standard InChI is InChI=1S/C18H30N2O4S/c1-4-7-14-24-15-8-13-19-18(21)16-9-11-17(12-10-16)25(22,23)20(5-2)6-3/h9-12H,4-8,13-15H2,1-3H3,(H,19,21). The third kappa shape index (κ3) is 6.76. The summed E-state index contributed by atoms with van der Waals surface area (Å²) in [5, 5.41) is 2.81. The number of carbonyl (C=O) groups excluding carboxylic acids is 1. The minimum absolute atomic E-state index is 0.206. The number of nitrogens with one attached hydrogen (secondary N) is 1. The molecule has 0 saturated heterocycles. The highest BCUT2D eigenvalue weighted by Crippen LogP contribution is 2.16. The van der Waals surface area contributed by atoms with Gasteiger partial charge in [0.15, 0.2) is 0 Å². The van der Waals surface area contributed by atoms with Gasteiger partial charge in [-0.15, -0.1) is 0 Å². The van der Waals surface area contributed by atoms with Gasteiger partial charge in [0.05, 0.1) is 4.90 Å². The van der Waals surface area contributed by atoms with Gasteiger partial charge in [-0.25, -0.2) is 8.42 Å². The van der Waals surface area contributed by atoms with Gasteiger partial charge in [-0.05, 0) is 37.1 Å². The molecule has 6 nitrogen and oxygen atoms in total. The van der Waals surface area contributed by atoms with Crippen molar-refractivity contribution in [2.75, 3.05) is 32.8 Å². The van der Waals surface area contributed by atoms with Crippen LogP contribution in [0, 0.1) is 0 Å². The Morgan fingerprint density at radius 2 is 1.64 bits per heavy atom. The van der Waals surface area contributed by atoms with Crippen molar-refractivity contribution in [1.82, 2.24) is 9.62 Å². The highest BCUT2D eigenvalue weighted by atomic mass is 32.2. The summed E-state index contributed by atoms with van der Waals surface area (Å²) in [6.07, 6.45) is 2.91. The van der Waals surface area contributed by atoms with Gasteiger partial charge in [-0.2, -0.15) is 4.31 Å². The molecule has 1 aromatic rings. The van der Waals surface area contributed by atoms with Crippen LogP contribution >= 0.6 is 0 Å². The molecule has 0 radical (unpaired) electrons. The lowest BCUT2D eigenvalue weighted by Crippen LogP contribution is -2.30. The first-order chi connectivity index (χ1) is 12.0. The smallest absolute Gasteiger partial charge is 0.251 e. The number of amides is 1. The number of rotatable bonds is 12. The van der Waals surface area contributed by atoms with Crippen molar-refractivity contribution in [2.24, 2.45) is 0 Å². The van der Waals surface area contributed by atoms with E-state index < -0.39 is 10.0 Å². The number of hydrogen-bond acceptors (Lipinski definition) is 4. The van der Waals surface area contributed by atoms with E-state index in [1.165, 1.54) is 16.4 Å². The summed E-state index contributed by atoms with van der Waals surface area (Å²) in [5.41, 5.74) is 0.449. The first kappa shape index (κ1) is 21.6.